The molecule has 28 heavy (non-hydrogen) atoms. The summed E-state index contributed by atoms with van der Waals surface area (Å²) >= 11 is 1.40. The maximum atomic E-state index is 12.2. The van der Waals surface area contributed by atoms with Crippen LogP contribution in [-0.4, -0.2) is 13.1 Å². The van der Waals surface area contributed by atoms with Crippen LogP contribution in [0.4, 0.5) is 0 Å². The number of esters is 1. The van der Waals surface area contributed by atoms with E-state index in [1.807, 2.05) is 48.8 Å². The first kappa shape index (κ1) is 18.1. The summed E-state index contributed by atoms with van der Waals surface area (Å²) in [6.45, 7) is 1.96. The van der Waals surface area contributed by atoms with Gasteiger partial charge < -0.3 is 4.74 Å². The van der Waals surface area contributed by atoms with Gasteiger partial charge in [0.05, 0.1) is 18.2 Å². The standard InChI is InChI=1S/C24H20NO2S/c1-17-23(24(26)27-2)28-16-25(17)22-20(18-10-5-3-6-11-18)14-9-15-21(22)19-12-7-4-8-13-19/h3-16H,1-2H3/q+1. The number of rotatable bonds is 4. The van der Waals surface area contributed by atoms with Crippen molar-refractivity contribution in [2.24, 2.45) is 0 Å². The molecule has 138 valence electrons. The summed E-state index contributed by atoms with van der Waals surface area (Å²) < 4.78 is 7.05. The average Bonchev–Trinajstić information content (AvgIpc) is 3.15. The van der Waals surface area contributed by atoms with Crippen molar-refractivity contribution in [3.05, 3.63) is 94.9 Å². The summed E-state index contributed by atoms with van der Waals surface area (Å²) in [5.74, 6) is -0.306. The number of methoxy groups -OCH3 is 1. The molecule has 4 aromatic rings. The van der Waals surface area contributed by atoms with Crippen molar-refractivity contribution in [2.45, 2.75) is 6.92 Å². The van der Waals surface area contributed by atoms with Crippen LogP contribution in [0.3, 0.4) is 0 Å². The van der Waals surface area contributed by atoms with Gasteiger partial charge in [0.2, 0.25) is 16.9 Å². The van der Waals surface area contributed by atoms with Crippen molar-refractivity contribution in [1.29, 1.82) is 0 Å². The van der Waals surface area contributed by atoms with E-state index in [1.165, 1.54) is 18.4 Å². The number of hydrogen-bond donors (Lipinski definition) is 0. The molecule has 0 amide bonds. The molecule has 4 heteroatoms. The second-order valence-corrected chi connectivity index (χ2v) is 7.29. The van der Waals surface area contributed by atoms with Gasteiger partial charge in [0.1, 0.15) is 0 Å². The minimum Gasteiger partial charge on any atom is -0.465 e. The van der Waals surface area contributed by atoms with Gasteiger partial charge in [-0.05, 0) is 23.3 Å². The Labute approximate surface area is 168 Å². The van der Waals surface area contributed by atoms with Crippen LogP contribution < -0.4 is 4.57 Å². The van der Waals surface area contributed by atoms with Gasteiger partial charge in [0.25, 0.3) is 0 Å². The molecule has 4 rings (SSSR count). The fourth-order valence-electron chi connectivity index (χ4n) is 3.39. The normalized spacial score (nSPS) is 10.6. The minimum absolute atomic E-state index is 0.306. The molecule has 0 fully saturated rings. The molecule has 1 heterocycles. The number of para-hydroxylation sites is 1. The van der Waals surface area contributed by atoms with E-state index in [9.17, 15) is 4.79 Å². The maximum absolute atomic E-state index is 12.2. The van der Waals surface area contributed by atoms with Gasteiger partial charge in [-0.3, -0.25) is 0 Å². The molecule has 0 atom stereocenters. The van der Waals surface area contributed by atoms with Crippen molar-refractivity contribution < 1.29 is 14.1 Å². The van der Waals surface area contributed by atoms with Crippen molar-refractivity contribution in [1.82, 2.24) is 0 Å². The van der Waals surface area contributed by atoms with E-state index >= 15 is 0 Å². The lowest BCUT2D eigenvalue weighted by molar-refractivity contribution is -0.595. The second-order valence-electron chi connectivity index (χ2n) is 6.43. The Balaban J connectivity index is 2.02. The van der Waals surface area contributed by atoms with Gasteiger partial charge in [-0.15, -0.1) is 0 Å². The summed E-state index contributed by atoms with van der Waals surface area (Å²) in [5.41, 5.74) is 8.41. The van der Waals surface area contributed by atoms with Crippen molar-refractivity contribution >= 4 is 17.3 Å². The third-order valence-corrected chi connectivity index (χ3v) is 5.80. The minimum atomic E-state index is -0.306. The lowest BCUT2D eigenvalue weighted by atomic mass is 9.95. The lowest BCUT2D eigenvalue weighted by Crippen LogP contribution is -2.33. The molecule has 0 aliphatic rings. The van der Waals surface area contributed by atoms with E-state index < -0.39 is 0 Å². The van der Waals surface area contributed by atoms with E-state index in [0.29, 0.717) is 4.88 Å². The number of carbonyl (C=O) groups is 1. The third-order valence-electron chi connectivity index (χ3n) is 4.78. The van der Waals surface area contributed by atoms with Crippen LogP contribution in [0.1, 0.15) is 15.4 Å². The number of hydrogen-bond acceptors (Lipinski definition) is 3. The third kappa shape index (κ3) is 3.23. The molecule has 0 saturated heterocycles. The summed E-state index contributed by atoms with van der Waals surface area (Å²) in [6.07, 6.45) is 0. The van der Waals surface area contributed by atoms with Crippen LogP contribution in [-0.2, 0) is 4.74 Å². The maximum Gasteiger partial charge on any atom is 0.354 e. The van der Waals surface area contributed by atoms with Crippen molar-refractivity contribution in [2.75, 3.05) is 7.11 Å². The number of ether oxygens (including phenoxy) is 1. The predicted octanol–water partition coefficient (Wildman–Crippen LogP) is 5.45. The highest BCUT2D eigenvalue weighted by atomic mass is 32.1. The fraction of sp³-hybridized carbons (Fsp3) is 0.0833. The molecule has 0 N–H and O–H groups in total. The van der Waals surface area contributed by atoms with E-state index in [1.54, 1.807) is 0 Å². The first-order valence-electron chi connectivity index (χ1n) is 9.03. The number of thiazole rings is 1. The van der Waals surface area contributed by atoms with Gasteiger partial charge >= 0.3 is 5.97 Å². The van der Waals surface area contributed by atoms with Crippen molar-refractivity contribution in [3.8, 4) is 27.9 Å². The van der Waals surface area contributed by atoms with Crippen LogP contribution in [0.2, 0.25) is 0 Å². The summed E-state index contributed by atoms with van der Waals surface area (Å²) in [5, 5.41) is 0. The molecule has 0 aliphatic heterocycles. The first-order valence-corrected chi connectivity index (χ1v) is 9.91. The molecule has 0 radical (unpaired) electrons. The molecule has 0 aliphatic carbocycles. The summed E-state index contributed by atoms with van der Waals surface area (Å²) in [6, 6.07) is 27.0. The van der Waals surface area contributed by atoms with Crippen LogP contribution in [0.25, 0.3) is 27.9 Å². The van der Waals surface area contributed by atoms with Gasteiger partial charge in [-0.2, -0.15) is 4.57 Å². The fourth-order valence-corrected chi connectivity index (χ4v) is 4.32. The van der Waals surface area contributed by atoms with Crippen LogP contribution in [0.5, 0.6) is 0 Å². The highest BCUT2D eigenvalue weighted by Gasteiger charge is 2.28. The van der Waals surface area contributed by atoms with Gasteiger partial charge in [0, 0.05) is 6.92 Å². The Kier molecular flexibility index (Phi) is 5.04. The SMILES string of the molecule is COC(=O)c1sc[n+](-c2c(-c3ccccc3)cccc2-c2ccccc2)c1C. The van der Waals surface area contributed by atoms with Crippen molar-refractivity contribution in [3.63, 3.8) is 0 Å². The van der Waals surface area contributed by atoms with Crippen LogP contribution in [0.15, 0.2) is 84.4 Å². The van der Waals surface area contributed by atoms with Gasteiger partial charge in [-0.25, -0.2) is 4.79 Å². The van der Waals surface area contributed by atoms with E-state index in [4.69, 9.17) is 4.74 Å². The molecular formula is C24H20NO2S+. The zero-order chi connectivity index (χ0) is 19.5. The first-order chi connectivity index (χ1) is 13.7. The lowest BCUT2D eigenvalue weighted by Gasteiger charge is -2.11. The zero-order valence-electron chi connectivity index (χ0n) is 15.8. The number of nitrogens with zero attached hydrogens (tertiary/aromatic N) is 1. The average molecular weight is 386 g/mol. The van der Waals surface area contributed by atoms with E-state index in [0.717, 1.165) is 33.6 Å². The monoisotopic (exact) mass is 386 g/mol. The quantitative estimate of drug-likeness (QED) is 0.345. The van der Waals surface area contributed by atoms with Crippen LogP contribution in [0, 0.1) is 6.92 Å². The molecule has 0 saturated carbocycles. The molecular weight excluding hydrogens is 366 g/mol. The van der Waals surface area contributed by atoms with Crippen LogP contribution >= 0.6 is 11.3 Å². The molecule has 1 aromatic heterocycles. The highest BCUT2D eigenvalue weighted by molar-refractivity contribution is 7.11. The number of aromatic nitrogens is 1. The predicted molar refractivity (Wildman–Crippen MR) is 113 cm³/mol. The number of benzene rings is 3. The Morgan fingerprint density at radius 1 is 0.821 bits per heavy atom. The topological polar surface area (TPSA) is 30.2 Å². The van der Waals surface area contributed by atoms with Gasteiger partial charge in [0.15, 0.2) is 4.88 Å². The summed E-state index contributed by atoms with van der Waals surface area (Å²) in [7, 11) is 1.42. The van der Waals surface area contributed by atoms with E-state index in [-0.39, 0.29) is 5.97 Å². The molecule has 3 aromatic carbocycles. The summed E-state index contributed by atoms with van der Waals surface area (Å²) in [4.78, 5) is 12.8. The highest BCUT2D eigenvalue weighted by Crippen LogP contribution is 2.33. The zero-order valence-corrected chi connectivity index (χ0v) is 16.6. The molecule has 0 spiro atoms. The second kappa shape index (κ2) is 7.79. The molecule has 0 unspecified atom stereocenters. The van der Waals surface area contributed by atoms with E-state index in [2.05, 4.69) is 47.0 Å². The Morgan fingerprint density at radius 3 is 1.86 bits per heavy atom. The van der Waals surface area contributed by atoms with Gasteiger partial charge in [-0.1, -0.05) is 78.1 Å². The Morgan fingerprint density at radius 2 is 1.36 bits per heavy atom. The largest absolute Gasteiger partial charge is 0.465 e. The smallest absolute Gasteiger partial charge is 0.354 e. The Hall–Kier alpha value is -3.24. The number of carbonyl (C=O) groups excluding carboxylic acids is 1. The Bertz CT molecular complexity index is 1060. The molecule has 3 nitrogen and oxygen atoms in total. The molecule has 0 bridgehead atoms.